The maximum atomic E-state index is 13.4. The molecular weight excluding hydrogens is 490 g/mol. The third-order valence-corrected chi connectivity index (χ3v) is 11.3. The summed E-state index contributed by atoms with van der Waals surface area (Å²) in [6.07, 6.45) is 8.69. The average Bonchev–Trinajstić information content (AvgIpc) is 3.38. The molecule has 3 aliphatic rings. The van der Waals surface area contributed by atoms with Crippen molar-refractivity contribution in [1.29, 1.82) is 0 Å². The lowest BCUT2D eigenvalue weighted by Gasteiger charge is -2.43. The summed E-state index contributed by atoms with van der Waals surface area (Å²) < 4.78 is 28.1. The molecule has 36 heavy (non-hydrogen) atoms. The van der Waals surface area contributed by atoms with Gasteiger partial charge < -0.3 is 4.90 Å². The smallest absolute Gasteiger partial charge is 0.273 e. The van der Waals surface area contributed by atoms with Crippen LogP contribution in [0.2, 0.25) is 0 Å². The first kappa shape index (κ1) is 25.9. The van der Waals surface area contributed by atoms with Crippen LogP contribution in [-0.2, 0) is 15.4 Å². The molecule has 1 aromatic carbocycles. The Bertz CT molecular complexity index is 1170. The molecule has 0 spiro atoms. The molecule has 3 fully saturated rings. The minimum absolute atomic E-state index is 0.0132. The van der Waals surface area contributed by atoms with Crippen LogP contribution in [-0.4, -0.2) is 54.2 Å². The summed E-state index contributed by atoms with van der Waals surface area (Å²) in [7, 11) is -3.51. The predicted octanol–water partition coefficient (Wildman–Crippen LogP) is 5.80. The third kappa shape index (κ3) is 5.14. The van der Waals surface area contributed by atoms with Crippen molar-refractivity contribution in [2.75, 3.05) is 19.6 Å². The topological polar surface area (TPSA) is 70.6 Å². The molecule has 0 radical (unpaired) electrons. The van der Waals surface area contributed by atoms with Gasteiger partial charge in [-0.05, 0) is 67.6 Å². The van der Waals surface area contributed by atoms with Gasteiger partial charge in [-0.3, -0.25) is 4.79 Å². The van der Waals surface area contributed by atoms with E-state index in [4.69, 9.17) is 4.98 Å². The van der Waals surface area contributed by atoms with E-state index in [1.165, 1.54) is 25.7 Å². The van der Waals surface area contributed by atoms with Crippen molar-refractivity contribution in [3.05, 3.63) is 45.9 Å². The highest BCUT2D eigenvalue weighted by atomic mass is 32.2. The Kier molecular flexibility index (Phi) is 7.31. The number of likely N-dealkylation sites (tertiary alicyclic amines) is 1. The van der Waals surface area contributed by atoms with Crippen LogP contribution in [0.5, 0.6) is 0 Å². The van der Waals surface area contributed by atoms with E-state index in [9.17, 15) is 13.2 Å². The zero-order valence-corrected chi connectivity index (χ0v) is 23.4. The Morgan fingerprint density at radius 2 is 1.61 bits per heavy atom. The van der Waals surface area contributed by atoms with Gasteiger partial charge in [0.15, 0.2) is 0 Å². The number of piperidine rings is 2. The van der Waals surface area contributed by atoms with Crippen molar-refractivity contribution in [2.45, 2.75) is 94.4 Å². The minimum Gasteiger partial charge on any atom is -0.334 e. The highest BCUT2D eigenvalue weighted by Crippen LogP contribution is 2.37. The number of fused-ring (bicyclic) bond motifs is 1. The molecule has 1 saturated carbocycles. The second kappa shape index (κ2) is 10.2. The number of aromatic nitrogens is 1. The van der Waals surface area contributed by atoms with Gasteiger partial charge in [-0.2, -0.15) is 4.31 Å². The number of rotatable bonds is 4. The van der Waals surface area contributed by atoms with Gasteiger partial charge in [0.2, 0.25) is 10.0 Å². The van der Waals surface area contributed by atoms with Crippen molar-refractivity contribution in [3.8, 4) is 0 Å². The van der Waals surface area contributed by atoms with E-state index in [0.29, 0.717) is 35.6 Å². The monoisotopic (exact) mass is 529 g/mol. The van der Waals surface area contributed by atoms with Crippen LogP contribution in [0.15, 0.2) is 34.5 Å². The Morgan fingerprint density at radius 1 is 0.944 bits per heavy atom. The molecule has 3 heterocycles. The van der Waals surface area contributed by atoms with Crippen molar-refractivity contribution < 1.29 is 13.2 Å². The second-order valence-electron chi connectivity index (χ2n) is 11.8. The number of nitrogens with zero attached hydrogens (tertiary/aromatic N) is 3. The second-order valence-corrected chi connectivity index (χ2v) is 14.6. The summed E-state index contributed by atoms with van der Waals surface area (Å²) in [4.78, 5) is 20.6. The summed E-state index contributed by atoms with van der Waals surface area (Å²) in [5.74, 6) is 0.952. The molecule has 2 unspecified atom stereocenters. The van der Waals surface area contributed by atoms with Gasteiger partial charge in [-0.25, -0.2) is 13.4 Å². The molecule has 196 valence electrons. The minimum atomic E-state index is -3.51. The van der Waals surface area contributed by atoms with E-state index in [0.717, 1.165) is 42.8 Å². The molecule has 1 amide bonds. The van der Waals surface area contributed by atoms with Crippen molar-refractivity contribution in [3.63, 3.8) is 0 Å². The quantitative estimate of drug-likeness (QED) is 0.502. The number of carbonyl (C=O) groups excluding carboxylic acids is 1. The number of hydrogen-bond donors (Lipinski definition) is 0. The summed E-state index contributed by atoms with van der Waals surface area (Å²) in [6.45, 7) is 8.17. The molecule has 2 aromatic rings. The number of sulfonamides is 1. The molecule has 0 bridgehead atoms. The molecule has 8 heteroatoms. The van der Waals surface area contributed by atoms with Crippen LogP contribution in [0, 0.1) is 5.92 Å². The highest BCUT2D eigenvalue weighted by molar-refractivity contribution is 7.89. The molecule has 2 saturated heterocycles. The molecule has 5 rings (SSSR count). The molecule has 1 aromatic heterocycles. The SMILES string of the molecule is CC(C)(C)c1ccc(S(=O)(=O)N2CCC(c3nc(C(=O)N4CCCC5CCCCC54)cs3)CC2)cc1. The van der Waals surface area contributed by atoms with Gasteiger partial charge in [0.1, 0.15) is 5.69 Å². The molecule has 1 aliphatic carbocycles. The maximum Gasteiger partial charge on any atom is 0.273 e. The van der Waals surface area contributed by atoms with E-state index in [2.05, 4.69) is 25.7 Å². The Labute approximate surface area is 220 Å². The number of hydrogen-bond acceptors (Lipinski definition) is 5. The Balaban J connectivity index is 1.22. The first-order valence-electron chi connectivity index (χ1n) is 13.5. The van der Waals surface area contributed by atoms with Gasteiger partial charge >= 0.3 is 0 Å². The standard InChI is InChI=1S/C28H39N3O3S2/c1-28(2,3)22-10-12-23(13-11-22)36(33,34)30-17-14-21(15-18-30)26-29-24(19-35-26)27(32)31-16-6-8-20-7-4-5-9-25(20)31/h10-13,19-21,25H,4-9,14-18H2,1-3H3. The van der Waals surface area contributed by atoms with Gasteiger partial charge in [-0.15, -0.1) is 11.3 Å². The normalized spacial score (nSPS) is 24.5. The van der Waals surface area contributed by atoms with Crippen LogP contribution in [0.3, 0.4) is 0 Å². The molecule has 2 atom stereocenters. The summed E-state index contributed by atoms with van der Waals surface area (Å²) in [5.41, 5.74) is 1.69. The zero-order chi connectivity index (χ0) is 25.5. The van der Waals surface area contributed by atoms with Gasteiger partial charge in [0.05, 0.1) is 9.90 Å². The van der Waals surface area contributed by atoms with E-state index in [1.807, 2.05) is 17.5 Å². The molecule has 6 nitrogen and oxygen atoms in total. The van der Waals surface area contributed by atoms with Crippen LogP contribution in [0.1, 0.15) is 99.1 Å². The summed E-state index contributed by atoms with van der Waals surface area (Å²) >= 11 is 1.56. The fourth-order valence-electron chi connectivity index (χ4n) is 6.22. The van der Waals surface area contributed by atoms with Crippen LogP contribution in [0.4, 0.5) is 0 Å². The van der Waals surface area contributed by atoms with Gasteiger partial charge in [0.25, 0.3) is 5.91 Å². The van der Waals surface area contributed by atoms with Crippen LogP contribution < -0.4 is 0 Å². The van der Waals surface area contributed by atoms with Crippen LogP contribution in [0.25, 0.3) is 0 Å². The highest BCUT2D eigenvalue weighted by Gasteiger charge is 2.37. The number of thiazole rings is 1. The fourth-order valence-corrected chi connectivity index (χ4v) is 8.65. The lowest BCUT2D eigenvalue weighted by atomic mass is 9.78. The Morgan fingerprint density at radius 3 is 2.31 bits per heavy atom. The van der Waals surface area contributed by atoms with E-state index in [1.54, 1.807) is 27.8 Å². The fraction of sp³-hybridized carbons (Fsp3) is 0.643. The summed E-state index contributed by atoms with van der Waals surface area (Å²) in [6, 6.07) is 7.70. The molecule has 0 N–H and O–H groups in total. The van der Waals surface area contributed by atoms with E-state index < -0.39 is 10.0 Å². The van der Waals surface area contributed by atoms with Gasteiger partial charge in [-0.1, -0.05) is 45.7 Å². The van der Waals surface area contributed by atoms with E-state index in [-0.39, 0.29) is 17.2 Å². The first-order valence-corrected chi connectivity index (χ1v) is 15.8. The number of carbonyl (C=O) groups is 1. The molecule has 2 aliphatic heterocycles. The lowest BCUT2D eigenvalue weighted by Crippen LogP contribution is -2.49. The van der Waals surface area contributed by atoms with Crippen LogP contribution >= 0.6 is 11.3 Å². The zero-order valence-electron chi connectivity index (χ0n) is 21.8. The summed E-state index contributed by atoms with van der Waals surface area (Å²) in [5, 5.41) is 2.89. The van der Waals surface area contributed by atoms with Crippen molar-refractivity contribution in [2.24, 2.45) is 5.92 Å². The molecular formula is C28H39N3O3S2. The average molecular weight is 530 g/mol. The van der Waals surface area contributed by atoms with Crippen molar-refractivity contribution in [1.82, 2.24) is 14.2 Å². The third-order valence-electron chi connectivity index (χ3n) is 8.41. The first-order chi connectivity index (χ1) is 17.1. The Hall–Kier alpha value is -1.77. The largest absolute Gasteiger partial charge is 0.334 e. The lowest BCUT2D eigenvalue weighted by molar-refractivity contribution is 0.0386. The van der Waals surface area contributed by atoms with Gasteiger partial charge in [0, 0.05) is 37.0 Å². The number of amides is 1. The van der Waals surface area contributed by atoms with E-state index >= 15 is 0 Å². The number of benzene rings is 1. The maximum absolute atomic E-state index is 13.4. The predicted molar refractivity (Wildman–Crippen MR) is 144 cm³/mol. The van der Waals surface area contributed by atoms with Crippen molar-refractivity contribution >= 4 is 27.3 Å².